The van der Waals surface area contributed by atoms with E-state index in [0.717, 1.165) is 12.8 Å². The minimum Gasteiger partial charge on any atom is -0.303 e. The van der Waals surface area contributed by atoms with Crippen molar-refractivity contribution in [3.8, 4) is 12.3 Å². The van der Waals surface area contributed by atoms with Crippen molar-refractivity contribution in [1.82, 2.24) is 0 Å². The summed E-state index contributed by atoms with van der Waals surface area (Å²) < 4.78 is 14.6. The van der Waals surface area contributed by atoms with Gasteiger partial charge in [-0.05, 0) is 18.8 Å². The van der Waals surface area contributed by atoms with Crippen LogP contribution in [0.5, 0.6) is 0 Å². The predicted octanol–water partition coefficient (Wildman–Crippen LogP) is 1.54. The lowest BCUT2D eigenvalue weighted by Crippen LogP contribution is -2.04. The number of phosphoric acid groups is 1. The maximum Gasteiger partial charge on any atom is 0.469 e. The molecule has 4 nitrogen and oxygen atoms in total. The molecule has 0 aromatic heterocycles. The average Bonchev–Trinajstić information content (AvgIpc) is 2.00. The van der Waals surface area contributed by atoms with Gasteiger partial charge in [-0.15, -0.1) is 12.3 Å². The van der Waals surface area contributed by atoms with Crippen LogP contribution in [0.4, 0.5) is 0 Å². The summed E-state index contributed by atoms with van der Waals surface area (Å²) in [5, 5.41) is 0. The number of hydrogen-bond acceptors (Lipinski definition) is 2. The molecule has 0 amide bonds. The second-order valence-electron chi connectivity index (χ2n) is 2.99. The second-order valence-corrected chi connectivity index (χ2v) is 4.23. The Kier molecular flexibility index (Phi) is 6.02. The molecule has 13 heavy (non-hydrogen) atoms. The van der Waals surface area contributed by atoms with Gasteiger partial charge < -0.3 is 9.79 Å². The summed E-state index contributed by atoms with van der Waals surface area (Å²) in [6.45, 7) is 1.95. The molecule has 0 aliphatic rings. The van der Waals surface area contributed by atoms with E-state index in [0.29, 0.717) is 6.42 Å². The first-order valence-electron chi connectivity index (χ1n) is 4.09. The van der Waals surface area contributed by atoms with Gasteiger partial charge in [-0.2, -0.15) is 0 Å². The van der Waals surface area contributed by atoms with E-state index in [4.69, 9.17) is 16.2 Å². The molecule has 0 bridgehead atoms. The van der Waals surface area contributed by atoms with Crippen molar-refractivity contribution in [2.75, 3.05) is 6.61 Å². The van der Waals surface area contributed by atoms with Gasteiger partial charge in [-0.25, -0.2) is 4.57 Å². The van der Waals surface area contributed by atoms with Gasteiger partial charge in [0.25, 0.3) is 0 Å². The fourth-order valence-corrected chi connectivity index (χ4v) is 1.31. The Morgan fingerprint density at radius 3 is 2.69 bits per heavy atom. The van der Waals surface area contributed by atoms with Crippen LogP contribution >= 0.6 is 7.82 Å². The molecular weight excluding hydrogens is 191 g/mol. The van der Waals surface area contributed by atoms with Crippen LogP contribution in [-0.2, 0) is 9.09 Å². The molecule has 76 valence electrons. The number of rotatable bonds is 6. The Balaban J connectivity index is 3.47. The Labute approximate surface area is 78.5 Å². The van der Waals surface area contributed by atoms with E-state index in [2.05, 4.69) is 10.4 Å². The zero-order chi connectivity index (χ0) is 10.3. The zero-order valence-corrected chi connectivity index (χ0v) is 8.54. The van der Waals surface area contributed by atoms with Gasteiger partial charge in [0, 0.05) is 6.42 Å². The third-order valence-corrected chi connectivity index (χ3v) is 2.03. The van der Waals surface area contributed by atoms with Gasteiger partial charge in [-0.3, -0.25) is 4.52 Å². The molecule has 0 aromatic carbocycles. The molecule has 0 saturated carbocycles. The van der Waals surface area contributed by atoms with E-state index in [1.54, 1.807) is 0 Å². The van der Waals surface area contributed by atoms with Crippen molar-refractivity contribution in [2.24, 2.45) is 5.92 Å². The third kappa shape index (κ3) is 9.59. The zero-order valence-electron chi connectivity index (χ0n) is 7.64. The molecule has 5 heteroatoms. The highest BCUT2D eigenvalue weighted by molar-refractivity contribution is 7.46. The van der Waals surface area contributed by atoms with Gasteiger partial charge >= 0.3 is 7.82 Å². The van der Waals surface area contributed by atoms with Crippen LogP contribution in [0.2, 0.25) is 0 Å². The fraction of sp³-hybridized carbons (Fsp3) is 0.750. The molecule has 0 aliphatic heterocycles. The van der Waals surface area contributed by atoms with Crippen LogP contribution in [0.3, 0.4) is 0 Å². The van der Waals surface area contributed by atoms with Crippen LogP contribution in [-0.4, -0.2) is 16.4 Å². The standard InChI is InChI=1S/C8H15O4P/c1-3-4-5-6-8(2)7-12-13(9,10)11/h1,8H,4-7H2,2H3,(H2,9,10,11). The SMILES string of the molecule is C#CCCCC(C)COP(=O)(O)O. The molecule has 1 atom stereocenters. The highest BCUT2D eigenvalue weighted by atomic mass is 31.2. The molecule has 0 aliphatic carbocycles. The largest absolute Gasteiger partial charge is 0.469 e. The van der Waals surface area contributed by atoms with Crippen molar-refractivity contribution < 1.29 is 18.9 Å². The van der Waals surface area contributed by atoms with E-state index < -0.39 is 7.82 Å². The Morgan fingerprint density at radius 1 is 1.62 bits per heavy atom. The van der Waals surface area contributed by atoms with Gasteiger partial charge in [-0.1, -0.05) is 6.92 Å². The molecule has 0 rings (SSSR count). The summed E-state index contributed by atoms with van der Waals surface area (Å²) >= 11 is 0. The molecule has 0 spiro atoms. The Hall–Kier alpha value is -0.330. The summed E-state index contributed by atoms with van der Waals surface area (Å²) in [6, 6.07) is 0. The number of phosphoric ester groups is 1. The van der Waals surface area contributed by atoms with E-state index in [1.165, 1.54) is 0 Å². The number of hydrogen-bond donors (Lipinski definition) is 2. The van der Waals surface area contributed by atoms with Crippen LogP contribution in [0.15, 0.2) is 0 Å². The van der Waals surface area contributed by atoms with Crippen LogP contribution in [0.25, 0.3) is 0 Å². The molecule has 0 radical (unpaired) electrons. The first kappa shape index (κ1) is 12.7. The molecule has 0 fully saturated rings. The summed E-state index contributed by atoms with van der Waals surface area (Å²) in [6.07, 6.45) is 7.43. The van der Waals surface area contributed by atoms with Crippen LogP contribution < -0.4 is 0 Å². The van der Waals surface area contributed by atoms with Crippen LogP contribution in [0, 0.1) is 18.3 Å². The van der Waals surface area contributed by atoms with E-state index in [-0.39, 0.29) is 12.5 Å². The quantitative estimate of drug-likeness (QED) is 0.393. The van der Waals surface area contributed by atoms with Crippen molar-refractivity contribution in [3.63, 3.8) is 0 Å². The van der Waals surface area contributed by atoms with Crippen molar-refractivity contribution in [1.29, 1.82) is 0 Å². The highest BCUT2D eigenvalue weighted by Crippen LogP contribution is 2.36. The van der Waals surface area contributed by atoms with Gasteiger partial charge in [0.15, 0.2) is 0 Å². The summed E-state index contributed by atoms with van der Waals surface area (Å²) in [4.78, 5) is 16.8. The Bertz CT molecular complexity index is 215. The highest BCUT2D eigenvalue weighted by Gasteiger charge is 2.15. The predicted molar refractivity (Wildman–Crippen MR) is 49.8 cm³/mol. The maximum atomic E-state index is 10.3. The van der Waals surface area contributed by atoms with E-state index in [9.17, 15) is 4.57 Å². The smallest absolute Gasteiger partial charge is 0.303 e. The molecule has 1 unspecified atom stereocenters. The molecule has 0 heterocycles. The van der Waals surface area contributed by atoms with Crippen molar-refractivity contribution >= 4 is 7.82 Å². The number of unbranched alkanes of at least 4 members (excludes halogenated alkanes) is 1. The minimum absolute atomic E-state index is 0.0782. The number of terminal acetylenes is 1. The van der Waals surface area contributed by atoms with E-state index in [1.807, 2.05) is 6.92 Å². The Morgan fingerprint density at radius 2 is 2.23 bits per heavy atom. The van der Waals surface area contributed by atoms with Crippen molar-refractivity contribution in [3.05, 3.63) is 0 Å². The summed E-state index contributed by atoms with van der Waals surface area (Å²) in [7, 11) is -4.30. The first-order chi connectivity index (χ1) is 5.95. The summed E-state index contributed by atoms with van der Waals surface area (Å²) in [5.74, 6) is 2.63. The lowest BCUT2D eigenvalue weighted by molar-refractivity contribution is 0.169. The molecule has 0 aromatic rings. The van der Waals surface area contributed by atoms with Crippen LogP contribution in [0.1, 0.15) is 26.2 Å². The average molecular weight is 206 g/mol. The fourth-order valence-electron chi connectivity index (χ4n) is 0.860. The molecular formula is C8H15O4P. The third-order valence-electron chi connectivity index (χ3n) is 1.55. The first-order valence-corrected chi connectivity index (χ1v) is 5.62. The lowest BCUT2D eigenvalue weighted by atomic mass is 10.1. The topological polar surface area (TPSA) is 66.8 Å². The summed E-state index contributed by atoms with van der Waals surface area (Å²) in [5.41, 5.74) is 0. The van der Waals surface area contributed by atoms with Gasteiger partial charge in [0.2, 0.25) is 0 Å². The monoisotopic (exact) mass is 206 g/mol. The second kappa shape index (κ2) is 6.17. The molecule has 0 saturated heterocycles. The molecule has 2 N–H and O–H groups in total. The van der Waals surface area contributed by atoms with Gasteiger partial charge in [0.05, 0.1) is 6.61 Å². The normalized spacial score (nSPS) is 13.7. The maximum absolute atomic E-state index is 10.3. The van der Waals surface area contributed by atoms with Gasteiger partial charge in [0.1, 0.15) is 0 Å². The minimum atomic E-state index is -4.30. The van der Waals surface area contributed by atoms with Crippen molar-refractivity contribution in [2.45, 2.75) is 26.2 Å². The lowest BCUT2D eigenvalue weighted by Gasteiger charge is -2.11. The van der Waals surface area contributed by atoms with E-state index >= 15 is 0 Å².